The number of halogens is 5. The van der Waals surface area contributed by atoms with Crippen LogP contribution in [0.25, 0.3) is 12.2 Å². The minimum Gasteiger partial charge on any atom is -0.526 e. The normalized spacial score (nSPS) is 14.1. The summed E-state index contributed by atoms with van der Waals surface area (Å²) in [6.07, 6.45) is 4.37. The highest BCUT2D eigenvalue weighted by molar-refractivity contribution is 9.12. The van der Waals surface area contributed by atoms with E-state index in [-0.39, 0.29) is 10.9 Å². The van der Waals surface area contributed by atoms with E-state index in [0.717, 1.165) is 67.4 Å². The molecule has 12 heteroatoms. The lowest BCUT2D eigenvalue weighted by molar-refractivity contribution is -0.137. The number of hydrogen-bond donors (Lipinski definition) is 1. The number of anilines is 2. The number of unbranched alkanes of at least 4 members (excludes halogenated alkanes) is 2. The second kappa shape index (κ2) is 15.8. The number of alkyl halides is 3. The molecule has 43 heavy (non-hydrogen) atoms. The fourth-order valence-corrected chi connectivity index (χ4v) is 4.91. The summed E-state index contributed by atoms with van der Waals surface area (Å²) in [5.74, 6) is -2.08. The van der Waals surface area contributed by atoms with Gasteiger partial charge in [-0.3, -0.25) is 13.9 Å². The highest BCUT2D eigenvalue weighted by Gasteiger charge is 2.51. The molecule has 230 valence electrons. The lowest BCUT2D eigenvalue weighted by atomic mass is 9.94. The Hall–Kier alpha value is -3.54. The van der Waals surface area contributed by atoms with Crippen LogP contribution in [0.1, 0.15) is 48.8 Å². The largest absolute Gasteiger partial charge is 0.681 e. The van der Waals surface area contributed by atoms with Crippen LogP contribution >= 0.6 is 15.9 Å². The first-order valence-electron chi connectivity index (χ1n) is 13.9. The van der Waals surface area contributed by atoms with Crippen LogP contribution in [-0.4, -0.2) is 57.3 Å². The highest BCUT2D eigenvalue weighted by Crippen LogP contribution is 2.30. The van der Waals surface area contributed by atoms with Gasteiger partial charge in [0.1, 0.15) is 10.2 Å². The van der Waals surface area contributed by atoms with Gasteiger partial charge in [-0.2, -0.15) is 13.2 Å². The summed E-state index contributed by atoms with van der Waals surface area (Å²) in [7, 11) is 0.110. The number of rotatable bonds is 14. The Labute approximate surface area is 258 Å². The number of carboxylic acids is 1. The van der Waals surface area contributed by atoms with E-state index >= 15 is 0 Å². The third-order valence-electron chi connectivity index (χ3n) is 6.82. The molecule has 1 aliphatic heterocycles. The summed E-state index contributed by atoms with van der Waals surface area (Å²) < 4.78 is 56.8. The Bertz CT molecular complexity index is 1360. The number of ketones is 1. The van der Waals surface area contributed by atoms with E-state index in [9.17, 15) is 27.1 Å². The quantitative estimate of drug-likeness (QED) is 0.0559. The number of nitrogens with zero attached hydrogens (tertiary/aromatic N) is 2. The molecule has 0 radical (unpaired) electrons. The summed E-state index contributed by atoms with van der Waals surface area (Å²) in [5, 5.41) is 8.80. The molecule has 1 N–H and O–H groups in total. The Balaban J connectivity index is 1.75. The Kier molecular flexibility index (Phi) is 12.5. The van der Waals surface area contributed by atoms with Gasteiger partial charge in [0.05, 0.1) is 0 Å². The molecule has 0 aromatic heterocycles. The summed E-state index contributed by atoms with van der Waals surface area (Å²) in [6.45, 7) is 1.72. The maximum Gasteiger partial charge on any atom is 0.681 e. The number of aryl methyl sites for hydroxylation is 1. The monoisotopic (exact) mass is 664 g/mol. The molecule has 0 atom stereocenters. The van der Waals surface area contributed by atoms with Crippen molar-refractivity contribution >= 4 is 58.4 Å². The van der Waals surface area contributed by atoms with Crippen LogP contribution in [-0.2, 0) is 20.7 Å². The molecule has 2 aromatic carbocycles. The van der Waals surface area contributed by atoms with Gasteiger partial charge in [0.25, 0.3) is 0 Å². The molecule has 0 aliphatic carbocycles. The summed E-state index contributed by atoms with van der Waals surface area (Å²) in [6, 6.07) is 12.8. The molecule has 0 spiro atoms. The molecule has 1 heterocycles. The van der Waals surface area contributed by atoms with E-state index < -0.39 is 30.8 Å². The molecule has 0 amide bonds. The number of carbonyl (C=O) groups is 2. The van der Waals surface area contributed by atoms with Gasteiger partial charge in [-0.15, -0.1) is 0 Å². The van der Waals surface area contributed by atoms with E-state index in [4.69, 9.17) is 5.11 Å². The third-order valence-corrected chi connectivity index (χ3v) is 7.60. The summed E-state index contributed by atoms with van der Waals surface area (Å²) in [5.41, 5.74) is 4.46. The zero-order valence-electron chi connectivity index (χ0n) is 24.0. The molecule has 3 rings (SSSR count). The standard InChI is InChI=1S/C31H34BBrF4N2O4/c1-38(2)25-14-9-22(10-15-25)13-18-28(43-32(37)31(34,35)36)30(33)27(40)17-12-23-11-16-26-24(21-23)7-6-20-39(26)19-5-3-4-8-29(41)42/h9-18,21H,3-8,19-20H2,1-2H3,(H,41,42)/b17-12+,18-13+,30-28+. The number of benzene rings is 2. The van der Waals surface area contributed by atoms with Crippen molar-refractivity contribution in [3.05, 3.63) is 81.5 Å². The van der Waals surface area contributed by atoms with E-state index in [1.807, 2.05) is 37.2 Å². The van der Waals surface area contributed by atoms with Crippen molar-refractivity contribution in [1.29, 1.82) is 0 Å². The second-order valence-corrected chi connectivity index (χ2v) is 11.1. The van der Waals surface area contributed by atoms with Crippen molar-refractivity contribution in [2.75, 3.05) is 37.0 Å². The van der Waals surface area contributed by atoms with Crippen LogP contribution in [0, 0.1) is 0 Å². The van der Waals surface area contributed by atoms with Gasteiger partial charge in [0.2, 0.25) is 0 Å². The van der Waals surface area contributed by atoms with Gasteiger partial charge in [-0.1, -0.05) is 36.8 Å². The van der Waals surface area contributed by atoms with Crippen molar-refractivity contribution in [2.24, 2.45) is 0 Å². The third kappa shape index (κ3) is 10.6. The topological polar surface area (TPSA) is 70.1 Å². The van der Waals surface area contributed by atoms with Crippen molar-refractivity contribution in [3.63, 3.8) is 0 Å². The smallest absolute Gasteiger partial charge is 0.526 e. The Morgan fingerprint density at radius 1 is 1.05 bits per heavy atom. The molecule has 0 unspecified atom stereocenters. The van der Waals surface area contributed by atoms with Crippen LogP contribution in [0.15, 0.2) is 64.9 Å². The fourth-order valence-electron chi connectivity index (χ4n) is 4.55. The van der Waals surface area contributed by atoms with Crippen LogP contribution in [0.3, 0.4) is 0 Å². The molecule has 0 saturated heterocycles. The van der Waals surface area contributed by atoms with E-state index in [2.05, 4.69) is 25.5 Å². The van der Waals surface area contributed by atoms with E-state index in [1.165, 1.54) is 12.2 Å². The van der Waals surface area contributed by atoms with E-state index in [1.54, 1.807) is 30.3 Å². The molecule has 6 nitrogen and oxygen atoms in total. The Morgan fingerprint density at radius 2 is 1.72 bits per heavy atom. The van der Waals surface area contributed by atoms with Gasteiger partial charge in [-0.25, -0.2) is 0 Å². The predicted octanol–water partition coefficient (Wildman–Crippen LogP) is 7.63. The van der Waals surface area contributed by atoms with Crippen molar-refractivity contribution in [1.82, 2.24) is 0 Å². The van der Waals surface area contributed by atoms with Crippen LogP contribution in [0.2, 0.25) is 0 Å². The van der Waals surface area contributed by atoms with Gasteiger partial charge < -0.3 is 19.6 Å². The zero-order valence-corrected chi connectivity index (χ0v) is 25.6. The molecule has 0 fully saturated rings. The average Bonchev–Trinajstić information content (AvgIpc) is 2.96. The summed E-state index contributed by atoms with van der Waals surface area (Å²) >= 11 is 3.02. The van der Waals surface area contributed by atoms with Gasteiger partial charge in [-0.05, 0) is 94.7 Å². The Morgan fingerprint density at radius 3 is 2.37 bits per heavy atom. The number of allylic oxidation sites excluding steroid dienone is 3. The SMILES string of the molecule is CN(C)c1ccc(/C=C/C(OB(F)C(F)(F)F)=C(\Br)C(=O)/C=C/c2ccc3c(c2)CCCN3CCCCCC(=O)O)cc1. The molecular formula is C31H34BBrF4N2O4. The molecule has 0 saturated carbocycles. The molecule has 2 aromatic rings. The first kappa shape index (κ1) is 34.0. The van der Waals surface area contributed by atoms with Gasteiger partial charge in [0, 0.05) is 45.0 Å². The summed E-state index contributed by atoms with van der Waals surface area (Å²) in [4.78, 5) is 27.8. The fraction of sp³-hybridized carbons (Fsp3) is 0.355. The molecular weight excluding hydrogens is 631 g/mol. The van der Waals surface area contributed by atoms with Crippen molar-refractivity contribution in [3.8, 4) is 0 Å². The number of fused-ring (bicyclic) bond motifs is 1. The maximum absolute atomic E-state index is 13.8. The number of carboxylic acid groups (broad SMARTS) is 1. The van der Waals surface area contributed by atoms with Crippen LogP contribution < -0.4 is 9.80 Å². The van der Waals surface area contributed by atoms with Crippen LogP contribution in [0.5, 0.6) is 0 Å². The average molecular weight is 665 g/mol. The molecule has 1 aliphatic rings. The highest BCUT2D eigenvalue weighted by atomic mass is 79.9. The first-order chi connectivity index (χ1) is 20.3. The van der Waals surface area contributed by atoms with Crippen molar-refractivity contribution in [2.45, 2.75) is 44.6 Å². The van der Waals surface area contributed by atoms with Gasteiger partial charge >= 0.3 is 19.2 Å². The number of aliphatic carboxylic acids is 1. The second-order valence-electron chi connectivity index (χ2n) is 10.4. The predicted molar refractivity (Wildman–Crippen MR) is 167 cm³/mol. The maximum atomic E-state index is 13.8. The zero-order chi connectivity index (χ0) is 31.6. The lowest BCUT2D eigenvalue weighted by Gasteiger charge is -2.31. The van der Waals surface area contributed by atoms with Crippen molar-refractivity contribution < 1.29 is 36.8 Å². The van der Waals surface area contributed by atoms with Crippen LogP contribution in [0.4, 0.5) is 28.9 Å². The molecule has 0 bridgehead atoms. The van der Waals surface area contributed by atoms with E-state index in [0.29, 0.717) is 12.0 Å². The first-order valence-corrected chi connectivity index (χ1v) is 14.7. The van der Waals surface area contributed by atoms with Gasteiger partial charge in [0.15, 0.2) is 5.78 Å². The minimum atomic E-state index is -5.27. The minimum absolute atomic E-state index is 0.168. The number of hydrogen-bond acceptors (Lipinski definition) is 5. The number of carbonyl (C=O) groups excluding carboxylic acids is 1. The lowest BCUT2D eigenvalue weighted by Crippen LogP contribution is -2.32.